The van der Waals surface area contributed by atoms with Gasteiger partial charge < -0.3 is 4.90 Å². The minimum absolute atomic E-state index is 0.0182. The van der Waals surface area contributed by atoms with Crippen LogP contribution in [0.25, 0.3) is 0 Å². The minimum atomic E-state index is 0.0182. The van der Waals surface area contributed by atoms with Gasteiger partial charge in [-0.25, -0.2) is 0 Å². The number of hydrogen-bond donors (Lipinski definition) is 0. The third kappa shape index (κ3) is 3.47. The molecule has 0 aromatic rings. The SMILES string of the molecule is CCC(Br)C(=O)N1CCCCCC1CC. The van der Waals surface area contributed by atoms with E-state index in [9.17, 15) is 4.79 Å². The molecule has 1 amide bonds. The number of halogens is 1. The molecule has 1 aliphatic rings. The first-order chi connectivity index (χ1) is 7.20. The van der Waals surface area contributed by atoms with Crippen molar-refractivity contribution in [3.8, 4) is 0 Å². The van der Waals surface area contributed by atoms with Crippen molar-refractivity contribution in [2.45, 2.75) is 63.2 Å². The zero-order valence-electron chi connectivity index (χ0n) is 9.84. The molecule has 2 atom stereocenters. The number of carbonyl (C=O) groups is 1. The predicted molar refractivity (Wildman–Crippen MR) is 67.3 cm³/mol. The highest BCUT2D eigenvalue weighted by molar-refractivity contribution is 9.10. The number of alkyl halides is 1. The number of nitrogens with zero attached hydrogens (tertiary/aromatic N) is 1. The van der Waals surface area contributed by atoms with Crippen LogP contribution in [0, 0.1) is 0 Å². The van der Waals surface area contributed by atoms with Crippen LogP contribution in [0.4, 0.5) is 0 Å². The summed E-state index contributed by atoms with van der Waals surface area (Å²) in [7, 11) is 0. The molecule has 1 rings (SSSR count). The molecule has 0 N–H and O–H groups in total. The second-order valence-electron chi connectivity index (χ2n) is 4.32. The summed E-state index contributed by atoms with van der Waals surface area (Å²) in [4.78, 5) is 14.3. The van der Waals surface area contributed by atoms with Gasteiger partial charge in [0.05, 0.1) is 4.83 Å². The van der Waals surface area contributed by atoms with Gasteiger partial charge in [0.25, 0.3) is 0 Å². The lowest BCUT2D eigenvalue weighted by atomic mass is 10.1. The maximum absolute atomic E-state index is 12.1. The first kappa shape index (κ1) is 13.0. The molecule has 1 heterocycles. The molecule has 2 unspecified atom stereocenters. The van der Waals surface area contributed by atoms with Crippen molar-refractivity contribution >= 4 is 21.8 Å². The fourth-order valence-corrected chi connectivity index (χ4v) is 2.51. The molecule has 0 bridgehead atoms. The van der Waals surface area contributed by atoms with Gasteiger partial charge in [0, 0.05) is 12.6 Å². The second-order valence-corrected chi connectivity index (χ2v) is 5.42. The van der Waals surface area contributed by atoms with Crippen LogP contribution < -0.4 is 0 Å². The highest BCUT2D eigenvalue weighted by atomic mass is 79.9. The van der Waals surface area contributed by atoms with E-state index in [1.165, 1.54) is 25.7 Å². The molecule has 0 spiro atoms. The van der Waals surface area contributed by atoms with E-state index in [4.69, 9.17) is 0 Å². The van der Waals surface area contributed by atoms with Crippen LogP contribution in [0.2, 0.25) is 0 Å². The van der Waals surface area contributed by atoms with Gasteiger partial charge in [0.15, 0.2) is 0 Å². The molecule has 3 heteroatoms. The Balaban J connectivity index is 2.65. The summed E-state index contributed by atoms with van der Waals surface area (Å²) in [5, 5.41) is 0. The minimum Gasteiger partial charge on any atom is -0.339 e. The van der Waals surface area contributed by atoms with E-state index in [1.807, 2.05) is 0 Å². The Morgan fingerprint density at radius 3 is 2.73 bits per heavy atom. The van der Waals surface area contributed by atoms with Gasteiger partial charge >= 0.3 is 0 Å². The average Bonchev–Trinajstić information content (AvgIpc) is 2.51. The Labute approximate surface area is 102 Å². The van der Waals surface area contributed by atoms with Crippen molar-refractivity contribution < 1.29 is 4.79 Å². The molecule has 0 aromatic carbocycles. The molecule has 2 nitrogen and oxygen atoms in total. The molecule has 1 aliphatic heterocycles. The van der Waals surface area contributed by atoms with Gasteiger partial charge in [-0.2, -0.15) is 0 Å². The smallest absolute Gasteiger partial charge is 0.236 e. The Kier molecular flexibility index (Phi) is 5.65. The molecule has 0 saturated carbocycles. The summed E-state index contributed by atoms with van der Waals surface area (Å²) >= 11 is 3.47. The first-order valence-electron chi connectivity index (χ1n) is 6.15. The van der Waals surface area contributed by atoms with Crippen molar-refractivity contribution in [2.75, 3.05) is 6.54 Å². The maximum Gasteiger partial charge on any atom is 0.236 e. The van der Waals surface area contributed by atoms with Gasteiger partial charge in [-0.15, -0.1) is 0 Å². The fourth-order valence-electron chi connectivity index (χ4n) is 2.25. The van der Waals surface area contributed by atoms with Crippen LogP contribution in [-0.4, -0.2) is 28.2 Å². The molecule has 0 aromatic heterocycles. The van der Waals surface area contributed by atoms with Crippen molar-refractivity contribution in [2.24, 2.45) is 0 Å². The Morgan fingerprint density at radius 2 is 2.13 bits per heavy atom. The first-order valence-corrected chi connectivity index (χ1v) is 7.06. The monoisotopic (exact) mass is 275 g/mol. The zero-order valence-corrected chi connectivity index (χ0v) is 11.4. The van der Waals surface area contributed by atoms with E-state index in [-0.39, 0.29) is 4.83 Å². The predicted octanol–water partition coefficient (Wildman–Crippen LogP) is 3.34. The van der Waals surface area contributed by atoms with E-state index < -0.39 is 0 Å². The van der Waals surface area contributed by atoms with Gasteiger partial charge in [0.2, 0.25) is 5.91 Å². The normalized spacial score (nSPS) is 24.7. The standard InChI is InChI=1S/C12H22BrNO/c1-3-10-8-6-5-7-9-14(10)12(15)11(13)4-2/h10-11H,3-9H2,1-2H3. The number of carbonyl (C=O) groups excluding carboxylic acids is 1. The summed E-state index contributed by atoms with van der Waals surface area (Å²) in [6.45, 7) is 5.20. The molecule has 15 heavy (non-hydrogen) atoms. The summed E-state index contributed by atoms with van der Waals surface area (Å²) in [5.74, 6) is 0.297. The average molecular weight is 276 g/mol. The summed E-state index contributed by atoms with van der Waals surface area (Å²) in [6.07, 6.45) is 6.89. The molecule has 1 saturated heterocycles. The Bertz CT molecular complexity index is 208. The summed E-state index contributed by atoms with van der Waals surface area (Å²) in [6, 6.07) is 0.478. The van der Waals surface area contributed by atoms with E-state index in [2.05, 4.69) is 34.7 Å². The van der Waals surface area contributed by atoms with Crippen LogP contribution in [0.5, 0.6) is 0 Å². The van der Waals surface area contributed by atoms with Gasteiger partial charge in [0.1, 0.15) is 0 Å². The van der Waals surface area contributed by atoms with Crippen molar-refractivity contribution in [1.82, 2.24) is 4.90 Å². The van der Waals surface area contributed by atoms with Crippen molar-refractivity contribution in [3.05, 3.63) is 0 Å². The van der Waals surface area contributed by atoms with Crippen LogP contribution in [-0.2, 0) is 4.79 Å². The maximum atomic E-state index is 12.1. The second kappa shape index (κ2) is 6.51. The van der Waals surface area contributed by atoms with E-state index in [1.54, 1.807) is 0 Å². The molecule has 0 radical (unpaired) electrons. The van der Waals surface area contributed by atoms with Gasteiger partial charge in [-0.05, 0) is 25.7 Å². The quantitative estimate of drug-likeness (QED) is 0.724. The fraction of sp³-hybridized carbons (Fsp3) is 0.917. The highest BCUT2D eigenvalue weighted by Gasteiger charge is 2.27. The number of rotatable bonds is 3. The zero-order chi connectivity index (χ0) is 11.3. The molecular formula is C12H22BrNO. The van der Waals surface area contributed by atoms with Crippen LogP contribution >= 0.6 is 15.9 Å². The molecular weight excluding hydrogens is 254 g/mol. The Hall–Kier alpha value is -0.0500. The lowest BCUT2D eigenvalue weighted by Gasteiger charge is -2.30. The largest absolute Gasteiger partial charge is 0.339 e. The molecule has 0 aliphatic carbocycles. The third-order valence-corrected chi connectivity index (χ3v) is 4.30. The van der Waals surface area contributed by atoms with Crippen LogP contribution in [0.3, 0.4) is 0 Å². The number of hydrogen-bond acceptors (Lipinski definition) is 1. The molecule has 88 valence electrons. The summed E-state index contributed by atoms with van der Waals surface area (Å²) in [5.41, 5.74) is 0. The Morgan fingerprint density at radius 1 is 1.40 bits per heavy atom. The van der Waals surface area contributed by atoms with Gasteiger partial charge in [-0.1, -0.05) is 42.6 Å². The summed E-state index contributed by atoms with van der Waals surface area (Å²) < 4.78 is 0. The number of likely N-dealkylation sites (tertiary alicyclic amines) is 1. The van der Waals surface area contributed by atoms with E-state index in [0.717, 1.165) is 19.4 Å². The van der Waals surface area contributed by atoms with E-state index >= 15 is 0 Å². The number of amides is 1. The lowest BCUT2D eigenvalue weighted by molar-refractivity contribution is -0.132. The highest BCUT2D eigenvalue weighted by Crippen LogP contribution is 2.22. The lowest BCUT2D eigenvalue weighted by Crippen LogP contribution is -2.43. The van der Waals surface area contributed by atoms with Gasteiger partial charge in [-0.3, -0.25) is 4.79 Å². The topological polar surface area (TPSA) is 20.3 Å². The third-order valence-electron chi connectivity index (χ3n) is 3.26. The van der Waals surface area contributed by atoms with Crippen molar-refractivity contribution in [1.29, 1.82) is 0 Å². The van der Waals surface area contributed by atoms with Crippen LogP contribution in [0.15, 0.2) is 0 Å². The van der Waals surface area contributed by atoms with Crippen LogP contribution in [0.1, 0.15) is 52.4 Å². The molecule has 1 fully saturated rings. The van der Waals surface area contributed by atoms with E-state index in [0.29, 0.717) is 11.9 Å². The van der Waals surface area contributed by atoms with Crippen molar-refractivity contribution in [3.63, 3.8) is 0 Å².